The highest BCUT2D eigenvalue weighted by atomic mass is 79.9. The predicted molar refractivity (Wildman–Crippen MR) is 57.7 cm³/mol. The second kappa shape index (κ2) is 5.00. The summed E-state index contributed by atoms with van der Waals surface area (Å²) in [4.78, 5) is 0. The maximum Gasteiger partial charge on any atom is 0.0917 e. The monoisotopic (exact) mass is 292 g/mol. The Labute approximate surface area is 89.4 Å². The SMILES string of the molecule is COC(CBr)c1ccc(Br)cc1. The van der Waals surface area contributed by atoms with Crippen molar-refractivity contribution in [1.29, 1.82) is 0 Å². The van der Waals surface area contributed by atoms with Gasteiger partial charge in [0.05, 0.1) is 6.10 Å². The molecule has 0 fully saturated rings. The molecule has 1 aromatic carbocycles. The second-order valence-electron chi connectivity index (χ2n) is 2.43. The Balaban J connectivity index is 2.80. The van der Waals surface area contributed by atoms with Crippen LogP contribution in [-0.4, -0.2) is 12.4 Å². The molecule has 0 aromatic heterocycles. The predicted octanol–water partition coefficient (Wildman–Crippen LogP) is 3.53. The number of hydrogen-bond acceptors (Lipinski definition) is 1. The zero-order valence-electron chi connectivity index (χ0n) is 6.76. The van der Waals surface area contributed by atoms with Crippen molar-refractivity contribution in [2.75, 3.05) is 12.4 Å². The number of benzene rings is 1. The Morgan fingerprint density at radius 3 is 2.33 bits per heavy atom. The molecule has 0 saturated carbocycles. The quantitative estimate of drug-likeness (QED) is 0.775. The van der Waals surface area contributed by atoms with Gasteiger partial charge in [-0.15, -0.1) is 0 Å². The van der Waals surface area contributed by atoms with Gasteiger partial charge in [0.15, 0.2) is 0 Å². The molecule has 0 saturated heterocycles. The van der Waals surface area contributed by atoms with E-state index < -0.39 is 0 Å². The minimum absolute atomic E-state index is 0.151. The van der Waals surface area contributed by atoms with Gasteiger partial charge >= 0.3 is 0 Å². The maximum absolute atomic E-state index is 5.26. The first-order valence-electron chi connectivity index (χ1n) is 3.62. The van der Waals surface area contributed by atoms with Crippen LogP contribution in [0, 0.1) is 0 Å². The molecule has 0 radical (unpaired) electrons. The fourth-order valence-corrected chi connectivity index (χ4v) is 1.87. The molecule has 1 atom stereocenters. The lowest BCUT2D eigenvalue weighted by molar-refractivity contribution is 0.124. The van der Waals surface area contributed by atoms with Gasteiger partial charge in [-0.3, -0.25) is 0 Å². The summed E-state index contributed by atoms with van der Waals surface area (Å²) < 4.78 is 6.36. The van der Waals surface area contributed by atoms with Crippen LogP contribution in [0.1, 0.15) is 11.7 Å². The molecule has 0 aliphatic rings. The van der Waals surface area contributed by atoms with Crippen molar-refractivity contribution in [2.45, 2.75) is 6.10 Å². The molecule has 1 nitrogen and oxygen atoms in total. The van der Waals surface area contributed by atoms with Crippen molar-refractivity contribution in [2.24, 2.45) is 0 Å². The van der Waals surface area contributed by atoms with E-state index in [4.69, 9.17) is 4.74 Å². The molecule has 0 aliphatic carbocycles. The molecule has 0 spiro atoms. The van der Waals surface area contributed by atoms with Crippen molar-refractivity contribution in [3.63, 3.8) is 0 Å². The first kappa shape index (κ1) is 10.2. The van der Waals surface area contributed by atoms with Gasteiger partial charge in [0.1, 0.15) is 0 Å². The van der Waals surface area contributed by atoms with Crippen molar-refractivity contribution in [1.82, 2.24) is 0 Å². The molecule has 0 bridgehead atoms. The van der Waals surface area contributed by atoms with E-state index in [1.54, 1.807) is 7.11 Å². The first-order valence-corrected chi connectivity index (χ1v) is 5.53. The van der Waals surface area contributed by atoms with E-state index in [0.29, 0.717) is 0 Å². The van der Waals surface area contributed by atoms with E-state index >= 15 is 0 Å². The van der Waals surface area contributed by atoms with Gasteiger partial charge in [-0.2, -0.15) is 0 Å². The Kier molecular flexibility index (Phi) is 4.26. The number of rotatable bonds is 3. The van der Waals surface area contributed by atoms with E-state index in [2.05, 4.69) is 44.0 Å². The van der Waals surface area contributed by atoms with Crippen LogP contribution in [0.25, 0.3) is 0 Å². The zero-order chi connectivity index (χ0) is 8.97. The molecule has 1 rings (SSSR count). The van der Waals surface area contributed by atoms with Crippen LogP contribution in [-0.2, 0) is 4.74 Å². The lowest BCUT2D eigenvalue weighted by Crippen LogP contribution is -2.01. The summed E-state index contributed by atoms with van der Waals surface area (Å²) in [7, 11) is 1.72. The van der Waals surface area contributed by atoms with E-state index in [9.17, 15) is 0 Å². The molecule has 1 unspecified atom stereocenters. The van der Waals surface area contributed by atoms with Crippen LogP contribution < -0.4 is 0 Å². The normalized spacial score (nSPS) is 12.9. The largest absolute Gasteiger partial charge is 0.376 e. The van der Waals surface area contributed by atoms with Crippen LogP contribution in [0.5, 0.6) is 0 Å². The van der Waals surface area contributed by atoms with Crippen molar-refractivity contribution < 1.29 is 4.74 Å². The Hall–Kier alpha value is 0.140. The fourth-order valence-electron chi connectivity index (χ4n) is 0.966. The van der Waals surface area contributed by atoms with Crippen LogP contribution in [0.4, 0.5) is 0 Å². The van der Waals surface area contributed by atoms with E-state index in [1.165, 1.54) is 5.56 Å². The molecule has 0 amide bonds. The molecule has 12 heavy (non-hydrogen) atoms. The van der Waals surface area contributed by atoms with Gasteiger partial charge in [0.25, 0.3) is 0 Å². The van der Waals surface area contributed by atoms with Gasteiger partial charge in [-0.25, -0.2) is 0 Å². The lowest BCUT2D eigenvalue weighted by atomic mass is 10.1. The maximum atomic E-state index is 5.26. The average molecular weight is 294 g/mol. The number of ether oxygens (including phenoxy) is 1. The minimum atomic E-state index is 0.151. The van der Waals surface area contributed by atoms with Gasteiger partial charge in [0, 0.05) is 16.9 Å². The van der Waals surface area contributed by atoms with Crippen LogP contribution in [0.2, 0.25) is 0 Å². The molecule has 3 heteroatoms. The minimum Gasteiger partial charge on any atom is -0.376 e. The van der Waals surface area contributed by atoms with Crippen LogP contribution >= 0.6 is 31.9 Å². The summed E-state index contributed by atoms with van der Waals surface area (Å²) in [6.45, 7) is 0. The average Bonchev–Trinajstić information content (AvgIpc) is 2.10. The zero-order valence-corrected chi connectivity index (χ0v) is 9.93. The molecule has 0 N–H and O–H groups in total. The highest BCUT2D eigenvalue weighted by Gasteiger charge is 2.06. The molecule has 0 aliphatic heterocycles. The van der Waals surface area contributed by atoms with E-state index in [-0.39, 0.29) is 6.10 Å². The Morgan fingerprint density at radius 2 is 1.92 bits per heavy atom. The molecule has 0 heterocycles. The Bertz CT molecular complexity index is 229. The number of halogens is 2. The van der Waals surface area contributed by atoms with E-state index in [1.807, 2.05) is 12.1 Å². The molecular formula is C9H10Br2O. The summed E-state index contributed by atoms with van der Waals surface area (Å²) >= 11 is 6.78. The number of alkyl halides is 1. The summed E-state index contributed by atoms with van der Waals surface area (Å²) in [6, 6.07) is 8.15. The van der Waals surface area contributed by atoms with Crippen LogP contribution in [0.15, 0.2) is 28.7 Å². The van der Waals surface area contributed by atoms with Gasteiger partial charge < -0.3 is 4.74 Å². The second-order valence-corrected chi connectivity index (χ2v) is 3.99. The first-order chi connectivity index (χ1) is 5.77. The number of hydrogen-bond donors (Lipinski definition) is 0. The number of methoxy groups -OCH3 is 1. The summed E-state index contributed by atoms with van der Waals surface area (Å²) in [5.41, 5.74) is 1.19. The molecular weight excluding hydrogens is 284 g/mol. The molecule has 1 aromatic rings. The van der Waals surface area contributed by atoms with Gasteiger partial charge in [0.2, 0.25) is 0 Å². The molecule has 66 valence electrons. The van der Waals surface area contributed by atoms with E-state index in [0.717, 1.165) is 9.80 Å². The van der Waals surface area contributed by atoms with Gasteiger partial charge in [-0.05, 0) is 17.7 Å². The van der Waals surface area contributed by atoms with Gasteiger partial charge in [-0.1, -0.05) is 44.0 Å². The smallest absolute Gasteiger partial charge is 0.0917 e. The highest BCUT2D eigenvalue weighted by molar-refractivity contribution is 9.10. The highest BCUT2D eigenvalue weighted by Crippen LogP contribution is 2.20. The lowest BCUT2D eigenvalue weighted by Gasteiger charge is -2.11. The third-order valence-electron chi connectivity index (χ3n) is 1.67. The summed E-state index contributed by atoms with van der Waals surface area (Å²) in [5, 5.41) is 0.825. The van der Waals surface area contributed by atoms with Crippen molar-refractivity contribution in [3.8, 4) is 0 Å². The third kappa shape index (κ3) is 2.57. The standard InChI is InChI=1S/C9H10Br2O/c1-12-9(6-10)7-2-4-8(11)5-3-7/h2-5,9H,6H2,1H3. The van der Waals surface area contributed by atoms with Crippen LogP contribution in [0.3, 0.4) is 0 Å². The fraction of sp³-hybridized carbons (Fsp3) is 0.333. The van der Waals surface area contributed by atoms with Crippen molar-refractivity contribution in [3.05, 3.63) is 34.3 Å². The van der Waals surface area contributed by atoms with Crippen molar-refractivity contribution >= 4 is 31.9 Å². The Morgan fingerprint density at radius 1 is 1.33 bits per heavy atom. The summed E-state index contributed by atoms with van der Waals surface area (Å²) in [6.07, 6.45) is 0.151. The topological polar surface area (TPSA) is 9.23 Å². The summed E-state index contributed by atoms with van der Waals surface area (Å²) in [5.74, 6) is 0. The third-order valence-corrected chi connectivity index (χ3v) is 2.78.